The van der Waals surface area contributed by atoms with Gasteiger partial charge in [0, 0.05) is 22.5 Å². The molecule has 2 heteroatoms. The van der Waals surface area contributed by atoms with Gasteiger partial charge < -0.3 is 9.80 Å². The van der Waals surface area contributed by atoms with Crippen LogP contribution < -0.4 is 20.2 Å². The molecule has 0 bridgehead atoms. The van der Waals surface area contributed by atoms with Crippen molar-refractivity contribution in [3.05, 3.63) is 221 Å². The zero-order chi connectivity index (χ0) is 39.5. The van der Waals surface area contributed by atoms with Gasteiger partial charge in [0.1, 0.15) is 0 Å². The predicted molar refractivity (Wildman–Crippen MR) is 253 cm³/mol. The van der Waals surface area contributed by atoms with Gasteiger partial charge in [-0.1, -0.05) is 166 Å². The van der Waals surface area contributed by atoms with Crippen LogP contribution in [0.3, 0.4) is 0 Å². The molecule has 0 saturated heterocycles. The van der Waals surface area contributed by atoms with Crippen molar-refractivity contribution in [1.82, 2.24) is 0 Å². The van der Waals surface area contributed by atoms with Gasteiger partial charge in [-0.05, 0) is 132 Å². The molecule has 282 valence electrons. The molecule has 0 fully saturated rings. The van der Waals surface area contributed by atoms with E-state index in [9.17, 15) is 0 Å². The Labute approximate surface area is 345 Å². The van der Waals surface area contributed by atoms with Crippen molar-refractivity contribution < 1.29 is 0 Å². The van der Waals surface area contributed by atoms with E-state index in [1.165, 1.54) is 93.4 Å². The molecule has 1 heterocycles. The van der Waals surface area contributed by atoms with Crippen LogP contribution in [0.5, 0.6) is 0 Å². The molecule has 1 aliphatic heterocycles. The molecular formula is C57H44N2. The molecule has 0 saturated carbocycles. The third-order valence-electron chi connectivity index (χ3n) is 12.6. The molecule has 0 N–H and O–H groups in total. The van der Waals surface area contributed by atoms with Crippen molar-refractivity contribution in [3.8, 4) is 0 Å². The lowest BCUT2D eigenvalue weighted by atomic mass is 9.73. The van der Waals surface area contributed by atoms with Crippen molar-refractivity contribution in [2.75, 3.05) is 9.80 Å². The van der Waals surface area contributed by atoms with Crippen LogP contribution in [0.4, 0.5) is 28.4 Å². The summed E-state index contributed by atoms with van der Waals surface area (Å²) < 4.78 is 0. The number of nitrogens with zero attached hydrogens (tertiary/aromatic N) is 2. The summed E-state index contributed by atoms with van der Waals surface area (Å²) >= 11 is 0. The van der Waals surface area contributed by atoms with Gasteiger partial charge in [-0.2, -0.15) is 0 Å². The number of rotatable bonds is 6. The first-order valence-electron chi connectivity index (χ1n) is 20.8. The van der Waals surface area contributed by atoms with Crippen LogP contribution in [0, 0.1) is 0 Å². The lowest BCUT2D eigenvalue weighted by Gasteiger charge is -2.42. The minimum absolute atomic E-state index is 0.165. The summed E-state index contributed by atoms with van der Waals surface area (Å²) in [7, 11) is 0. The van der Waals surface area contributed by atoms with Crippen LogP contribution in [0.25, 0.3) is 56.6 Å². The quantitative estimate of drug-likeness (QED) is 0.156. The second-order valence-corrected chi connectivity index (χ2v) is 16.6. The van der Waals surface area contributed by atoms with Gasteiger partial charge in [0.2, 0.25) is 0 Å². The molecule has 1 unspecified atom stereocenters. The zero-order valence-electron chi connectivity index (χ0n) is 33.4. The van der Waals surface area contributed by atoms with Crippen LogP contribution >= 0.6 is 0 Å². The number of hydrogen-bond acceptors (Lipinski definition) is 2. The Balaban J connectivity index is 0.929. The van der Waals surface area contributed by atoms with E-state index < -0.39 is 0 Å². The molecular weight excluding hydrogens is 713 g/mol. The largest absolute Gasteiger partial charge is 0.334 e. The molecule has 2 nitrogen and oxygen atoms in total. The minimum atomic E-state index is -0.165. The Bertz CT molecular complexity index is 3260. The SMILES string of the molecule is CC1(C)c2ccccc2N(c2ccc3ccccc3c2)c2ccc(/C=C/c3ccc4cc(N(c5ccc6ccccc6c5)C5C=c6ccccc6=CC5)ccc4c3)cc21. The first kappa shape index (κ1) is 35.0. The van der Waals surface area contributed by atoms with Crippen molar-refractivity contribution in [2.24, 2.45) is 0 Å². The fourth-order valence-corrected chi connectivity index (χ4v) is 9.53. The van der Waals surface area contributed by atoms with Gasteiger partial charge in [-0.3, -0.25) is 0 Å². The van der Waals surface area contributed by atoms with Crippen LogP contribution in [-0.2, 0) is 5.41 Å². The molecule has 11 rings (SSSR count). The molecule has 1 aliphatic carbocycles. The van der Waals surface area contributed by atoms with Crippen molar-refractivity contribution in [3.63, 3.8) is 0 Å². The van der Waals surface area contributed by atoms with E-state index >= 15 is 0 Å². The highest BCUT2D eigenvalue weighted by Gasteiger charge is 2.36. The summed E-state index contributed by atoms with van der Waals surface area (Å²) in [5.41, 5.74) is 10.9. The first-order valence-corrected chi connectivity index (χ1v) is 20.8. The Kier molecular flexibility index (Phi) is 8.34. The highest BCUT2D eigenvalue weighted by molar-refractivity contribution is 5.94. The van der Waals surface area contributed by atoms with Gasteiger partial charge in [-0.15, -0.1) is 0 Å². The second-order valence-electron chi connectivity index (χ2n) is 16.6. The summed E-state index contributed by atoms with van der Waals surface area (Å²) in [5.74, 6) is 0. The maximum Gasteiger partial charge on any atom is 0.0566 e. The van der Waals surface area contributed by atoms with Gasteiger partial charge >= 0.3 is 0 Å². The average Bonchev–Trinajstić information content (AvgIpc) is 3.28. The third-order valence-corrected chi connectivity index (χ3v) is 12.6. The summed E-state index contributed by atoms with van der Waals surface area (Å²) in [6.45, 7) is 4.72. The summed E-state index contributed by atoms with van der Waals surface area (Å²) in [6, 6.07) is 69.5. The monoisotopic (exact) mass is 756 g/mol. The Morgan fingerprint density at radius 2 is 1.02 bits per heavy atom. The molecule has 0 amide bonds. The molecule has 9 aromatic rings. The fraction of sp³-hybridized carbons (Fsp3) is 0.0877. The molecule has 0 aromatic heterocycles. The maximum atomic E-state index is 2.52. The van der Waals surface area contributed by atoms with Crippen molar-refractivity contribution >= 4 is 85.1 Å². The topological polar surface area (TPSA) is 6.48 Å². The number of hydrogen-bond donors (Lipinski definition) is 0. The van der Waals surface area contributed by atoms with E-state index in [1.54, 1.807) is 0 Å². The summed E-state index contributed by atoms with van der Waals surface area (Å²) in [6.07, 6.45) is 10.3. The van der Waals surface area contributed by atoms with E-state index in [4.69, 9.17) is 0 Å². The smallest absolute Gasteiger partial charge is 0.0566 e. The van der Waals surface area contributed by atoms with Crippen LogP contribution in [0.2, 0.25) is 0 Å². The second kappa shape index (κ2) is 14.0. The van der Waals surface area contributed by atoms with Crippen LogP contribution in [-0.4, -0.2) is 6.04 Å². The van der Waals surface area contributed by atoms with Gasteiger partial charge in [-0.25, -0.2) is 0 Å². The summed E-state index contributed by atoms with van der Waals surface area (Å²) in [4.78, 5) is 4.96. The van der Waals surface area contributed by atoms with Crippen LogP contribution in [0.15, 0.2) is 188 Å². The van der Waals surface area contributed by atoms with Gasteiger partial charge in [0.25, 0.3) is 0 Å². The Hall–Kier alpha value is -7.16. The van der Waals surface area contributed by atoms with Gasteiger partial charge in [0.15, 0.2) is 0 Å². The number of anilines is 5. The Morgan fingerprint density at radius 1 is 0.475 bits per heavy atom. The maximum absolute atomic E-state index is 2.52. The van der Waals surface area contributed by atoms with E-state index in [0.29, 0.717) is 0 Å². The molecule has 9 aromatic carbocycles. The molecule has 2 aliphatic rings. The number of para-hydroxylation sites is 1. The normalized spacial score (nSPS) is 15.4. The van der Waals surface area contributed by atoms with E-state index in [0.717, 1.165) is 6.42 Å². The lowest BCUT2D eigenvalue weighted by Crippen LogP contribution is -2.37. The number of benzene rings is 9. The number of fused-ring (bicyclic) bond motifs is 6. The highest BCUT2D eigenvalue weighted by atomic mass is 15.2. The predicted octanol–water partition coefficient (Wildman–Crippen LogP) is 13.6. The highest BCUT2D eigenvalue weighted by Crippen LogP contribution is 2.52. The van der Waals surface area contributed by atoms with Crippen LogP contribution in [0.1, 0.15) is 42.5 Å². The minimum Gasteiger partial charge on any atom is -0.334 e. The van der Waals surface area contributed by atoms with E-state index in [2.05, 4.69) is 236 Å². The first-order chi connectivity index (χ1) is 29.0. The molecule has 0 radical (unpaired) electrons. The fourth-order valence-electron chi connectivity index (χ4n) is 9.53. The average molecular weight is 757 g/mol. The molecule has 59 heavy (non-hydrogen) atoms. The zero-order valence-corrected chi connectivity index (χ0v) is 33.4. The van der Waals surface area contributed by atoms with Crippen molar-refractivity contribution in [2.45, 2.75) is 31.7 Å². The lowest BCUT2D eigenvalue weighted by molar-refractivity contribution is 0.632. The van der Waals surface area contributed by atoms with E-state index in [1.807, 2.05) is 0 Å². The molecule has 0 spiro atoms. The molecule has 1 atom stereocenters. The standard InChI is InChI=1S/C57H44N2/c1-57(2)53-17-9-10-18-55(53)59(52-30-26-43-13-5-8-16-46(43)37-52)56-32-22-40(34-54(56)57)20-19-39-21-23-48-38-51(31-27-47(48)33-39)58(49-28-24-41-11-3-6-14-44(41)35-49)50-29-25-42-12-4-7-15-45(42)36-50/h3-28,30-38,50H,29H2,1-2H3/b20-19+. The van der Waals surface area contributed by atoms with Crippen molar-refractivity contribution in [1.29, 1.82) is 0 Å². The Morgan fingerprint density at radius 3 is 1.80 bits per heavy atom. The van der Waals surface area contributed by atoms with E-state index in [-0.39, 0.29) is 11.5 Å². The summed E-state index contributed by atoms with van der Waals surface area (Å²) in [5, 5.41) is 10.1. The third kappa shape index (κ3) is 6.20. The van der Waals surface area contributed by atoms with Gasteiger partial charge in [0.05, 0.1) is 17.4 Å².